The van der Waals surface area contributed by atoms with Crippen molar-refractivity contribution >= 4 is 39.1 Å². The van der Waals surface area contributed by atoms with Gasteiger partial charge in [-0.3, -0.25) is 4.79 Å². The number of nitrogens with one attached hydrogen (secondary N) is 2. The number of rotatable bonds is 4. The van der Waals surface area contributed by atoms with Gasteiger partial charge in [-0.05, 0) is 31.1 Å². The number of hydrogen-bond donors (Lipinski definition) is 2. The molecule has 1 fully saturated rings. The molecule has 132 valence electrons. The average molecular weight is 357 g/mol. The van der Waals surface area contributed by atoms with Crippen LogP contribution in [-0.4, -0.2) is 31.0 Å². The summed E-state index contributed by atoms with van der Waals surface area (Å²) in [5.74, 6) is 1.59. The van der Waals surface area contributed by atoms with Gasteiger partial charge in [-0.15, -0.1) is 0 Å². The van der Waals surface area contributed by atoms with Crippen molar-refractivity contribution in [3.63, 3.8) is 0 Å². The summed E-state index contributed by atoms with van der Waals surface area (Å²) in [6.45, 7) is 2.72. The number of amides is 1. The topological polar surface area (TPSA) is 75.6 Å². The molecule has 0 radical (unpaired) electrons. The molecular formula is C18H23N5OS. The lowest BCUT2D eigenvalue weighted by Gasteiger charge is -2.23. The summed E-state index contributed by atoms with van der Waals surface area (Å²) >= 11 is 1.19. The summed E-state index contributed by atoms with van der Waals surface area (Å²) in [5, 5.41) is 4.04. The summed E-state index contributed by atoms with van der Waals surface area (Å²) in [4.78, 5) is 24.2. The predicted octanol–water partition coefficient (Wildman–Crippen LogP) is 4.24. The van der Waals surface area contributed by atoms with E-state index in [1.165, 1.54) is 37.4 Å². The molecule has 0 spiro atoms. The number of thioether (sulfide) groups is 1. The van der Waals surface area contributed by atoms with Crippen LogP contribution in [0.15, 0.2) is 18.5 Å². The second-order valence-corrected chi connectivity index (χ2v) is 7.42. The SMILES string of the molecule is CCC1CCCC1n1c(CNC(=O)SC)nc2cnc3[nH]ccc3c21. The Kier molecular flexibility index (Phi) is 4.41. The molecule has 2 unspecified atom stereocenters. The molecule has 2 N–H and O–H groups in total. The van der Waals surface area contributed by atoms with E-state index in [-0.39, 0.29) is 5.24 Å². The van der Waals surface area contributed by atoms with Crippen molar-refractivity contribution in [1.29, 1.82) is 0 Å². The lowest BCUT2D eigenvalue weighted by atomic mass is 10.00. The second kappa shape index (κ2) is 6.71. The van der Waals surface area contributed by atoms with Crippen LogP contribution in [0, 0.1) is 5.92 Å². The van der Waals surface area contributed by atoms with Crippen LogP contribution in [-0.2, 0) is 6.54 Å². The molecular weight excluding hydrogens is 334 g/mol. The molecule has 0 aliphatic heterocycles. The monoisotopic (exact) mass is 357 g/mol. The van der Waals surface area contributed by atoms with E-state index in [1.807, 2.05) is 12.4 Å². The molecule has 4 rings (SSSR count). The molecule has 3 aromatic rings. The molecule has 0 saturated heterocycles. The Morgan fingerprint density at radius 1 is 1.48 bits per heavy atom. The smallest absolute Gasteiger partial charge is 0.279 e. The summed E-state index contributed by atoms with van der Waals surface area (Å²) in [5.41, 5.74) is 2.94. The number of hydrogen-bond acceptors (Lipinski definition) is 4. The van der Waals surface area contributed by atoms with Crippen LogP contribution in [0.3, 0.4) is 0 Å². The Morgan fingerprint density at radius 3 is 3.16 bits per heavy atom. The quantitative estimate of drug-likeness (QED) is 0.732. The zero-order chi connectivity index (χ0) is 17.4. The van der Waals surface area contributed by atoms with Crippen LogP contribution in [0.25, 0.3) is 22.1 Å². The van der Waals surface area contributed by atoms with Gasteiger partial charge >= 0.3 is 0 Å². The molecule has 25 heavy (non-hydrogen) atoms. The first kappa shape index (κ1) is 16.4. The van der Waals surface area contributed by atoms with E-state index in [9.17, 15) is 4.79 Å². The van der Waals surface area contributed by atoms with Gasteiger partial charge in [-0.25, -0.2) is 9.97 Å². The molecule has 1 aliphatic rings. The fourth-order valence-corrected chi connectivity index (χ4v) is 4.40. The lowest BCUT2D eigenvalue weighted by molar-refractivity contribution is 0.260. The number of imidazole rings is 1. The number of fused-ring (bicyclic) bond motifs is 3. The molecule has 2 atom stereocenters. The highest BCUT2D eigenvalue weighted by atomic mass is 32.2. The first-order chi connectivity index (χ1) is 12.2. The Morgan fingerprint density at radius 2 is 2.36 bits per heavy atom. The van der Waals surface area contributed by atoms with Gasteiger partial charge in [0.1, 0.15) is 17.0 Å². The van der Waals surface area contributed by atoms with Gasteiger partial charge < -0.3 is 14.9 Å². The van der Waals surface area contributed by atoms with E-state index in [2.05, 4.69) is 32.8 Å². The Hall–Kier alpha value is -2.02. The van der Waals surface area contributed by atoms with Gasteiger partial charge in [0, 0.05) is 17.6 Å². The summed E-state index contributed by atoms with van der Waals surface area (Å²) in [6, 6.07) is 2.51. The number of aromatic amines is 1. The zero-order valence-corrected chi connectivity index (χ0v) is 15.4. The normalized spacial score (nSPS) is 20.6. The van der Waals surface area contributed by atoms with E-state index in [0.29, 0.717) is 18.5 Å². The molecule has 7 heteroatoms. The molecule has 3 heterocycles. The highest BCUT2D eigenvalue weighted by Crippen LogP contribution is 2.41. The second-order valence-electron chi connectivity index (χ2n) is 6.64. The van der Waals surface area contributed by atoms with Crippen LogP contribution >= 0.6 is 11.8 Å². The fourth-order valence-electron chi connectivity index (χ4n) is 4.18. The third kappa shape index (κ3) is 2.80. The third-order valence-corrected chi connectivity index (χ3v) is 5.87. The van der Waals surface area contributed by atoms with E-state index < -0.39 is 0 Å². The van der Waals surface area contributed by atoms with Crippen LogP contribution in [0.5, 0.6) is 0 Å². The van der Waals surface area contributed by atoms with Crippen LogP contribution in [0.4, 0.5) is 4.79 Å². The van der Waals surface area contributed by atoms with Gasteiger partial charge in [-0.2, -0.15) is 0 Å². The van der Waals surface area contributed by atoms with Crippen LogP contribution in [0.1, 0.15) is 44.5 Å². The number of carbonyl (C=O) groups is 1. The maximum absolute atomic E-state index is 11.7. The van der Waals surface area contributed by atoms with Gasteiger partial charge in [-0.1, -0.05) is 31.5 Å². The predicted molar refractivity (Wildman–Crippen MR) is 102 cm³/mol. The minimum atomic E-state index is -0.0259. The van der Waals surface area contributed by atoms with Crippen molar-refractivity contribution in [3.8, 4) is 0 Å². The Balaban J connectivity index is 1.88. The van der Waals surface area contributed by atoms with E-state index in [4.69, 9.17) is 4.98 Å². The lowest BCUT2D eigenvalue weighted by Crippen LogP contribution is -2.23. The molecule has 1 saturated carbocycles. The number of nitrogens with zero attached hydrogens (tertiary/aromatic N) is 3. The van der Waals surface area contributed by atoms with Gasteiger partial charge in [0.15, 0.2) is 0 Å². The highest BCUT2D eigenvalue weighted by molar-refractivity contribution is 8.12. The van der Waals surface area contributed by atoms with Crippen molar-refractivity contribution in [2.75, 3.05) is 6.26 Å². The molecule has 1 aliphatic carbocycles. The maximum Gasteiger partial charge on any atom is 0.279 e. The number of H-pyrrole nitrogens is 1. The van der Waals surface area contributed by atoms with Crippen molar-refractivity contribution in [2.24, 2.45) is 5.92 Å². The summed E-state index contributed by atoms with van der Waals surface area (Å²) in [7, 11) is 0. The van der Waals surface area contributed by atoms with E-state index in [1.54, 1.807) is 6.26 Å². The van der Waals surface area contributed by atoms with Crippen LogP contribution < -0.4 is 5.32 Å². The molecule has 1 amide bonds. The number of pyridine rings is 1. The number of carbonyl (C=O) groups excluding carboxylic acids is 1. The van der Waals surface area contributed by atoms with E-state index >= 15 is 0 Å². The van der Waals surface area contributed by atoms with Crippen molar-refractivity contribution in [3.05, 3.63) is 24.3 Å². The molecule has 3 aromatic heterocycles. The summed E-state index contributed by atoms with van der Waals surface area (Å²) < 4.78 is 2.38. The van der Waals surface area contributed by atoms with Gasteiger partial charge in [0.05, 0.1) is 18.3 Å². The van der Waals surface area contributed by atoms with Crippen LogP contribution in [0.2, 0.25) is 0 Å². The largest absolute Gasteiger partial charge is 0.346 e. The molecule has 0 aromatic carbocycles. The maximum atomic E-state index is 11.7. The molecule has 6 nitrogen and oxygen atoms in total. The number of aromatic nitrogens is 4. The average Bonchev–Trinajstić information content (AvgIpc) is 3.34. The Bertz CT molecular complexity index is 915. The first-order valence-electron chi connectivity index (χ1n) is 8.87. The standard InChI is InChI=1S/C18H23N5OS/c1-3-11-5-4-6-14(11)23-15(10-21-18(24)25-2)22-13-9-20-17-12(16(13)23)7-8-19-17/h7-9,11,14H,3-6,10H2,1-2H3,(H,19,20)(H,21,24). The van der Waals surface area contributed by atoms with Crippen molar-refractivity contribution in [1.82, 2.24) is 24.8 Å². The zero-order valence-electron chi connectivity index (χ0n) is 14.6. The van der Waals surface area contributed by atoms with Gasteiger partial charge in [0.2, 0.25) is 0 Å². The van der Waals surface area contributed by atoms with E-state index in [0.717, 1.165) is 27.9 Å². The van der Waals surface area contributed by atoms with Crippen molar-refractivity contribution in [2.45, 2.75) is 45.2 Å². The highest BCUT2D eigenvalue weighted by Gasteiger charge is 2.31. The molecule has 0 bridgehead atoms. The summed E-state index contributed by atoms with van der Waals surface area (Å²) in [6.07, 6.45) is 10.4. The van der Waals surface area contributed by atoms with Crippen molar-refractivity contribution < 1.29 is 4.79 Å². The minimum absolute atomic E-state index is 0.0259. The third-order valence-electron chi connectivity index (χ3n) is 5.36. The fraction of sp³-hybridized carbons (Fsp3) is 0.500. The van der Waals surface area contributed by atoms with Gasteiger partial charge in [0.25, 0.3) is 5.24 Å². The first-order valence-corrected chi connectivity index (χ1v) is 10.1. The Labute approximate surface area is 150 Å². The minimum Gasteiger partial charge on any atom is -0.346 e.